The fourth-order valence-electron chi connectivity index (χ4n) is 4.92. The first kappa shape index (κ1) is 26.1. The molecule has 1 fully saturated rings. The molecule has 3 atom stereocenters. The van der Waals surface area contributed by atoms with Crippen molar-refractivity contribution >= 4 is 16.9 Å². The summed E-state index contributed by atoms with van der Waals surface area (Å²) in [6, 6.07) is 12.9. The second-order valence-corrected chi connectivity index (χ2v) is 9.75. The van der Waals surface area contributed by atoms with Crippen molar-refractivity contribution in [3.05, 3.63) is 82.0 Å². The first-order chi connectivity index (χ1) is 19.6. The molecule has 1 aromatic heterocycles. The van der Waals surface area contributed by atoms with Gasteiger partial charge in [-0.2, -0.15) is 0 Å². The summed E-state index contributed by atoms with van der Waals surface area (Å²) in [6.07, 6.45) is 0.130. The Kier molecular flexibility index (Phi) is 6.23. The van der Waals surface area contributed by atoms with E-state index in [9.17, 15) is 24.9 Å². The quantitative estimate of drug-likeness (QED) is 0.309. The number of benzene rings is 3. The Morgan fingerprint density at radius 2 is 1.73 bits per heavy atom. The predicted octanol–water partition coefficient (Wildman–Crippen LogP) is 4.19. The van der Waals surface area contributed by atoms with Crippen LogP contribution in [-0.4, -0.2) is 52.7 Å². The van der Waals surface area contributed by atoms with Crippen molar-refractivity contribution < 1.29 is 43.6 Å². The predicted molar refractivity (Wildman–Crippen MR) is 145 cm³/mol. The third-order valence-electron chi connectivity index (χ3n) is 7.17. The molecule has 3 aromatic carbocycles. The maximum absolute atomic E-state index is 12.8. The van der Waals surface area contributed by atoms with Crippen LogP contribution in [0.4, 0.5) is 0 Å². The highest BCUT2D eigenvalue weighted by molar-refractivity contribution is 5.91. The Bertz CT molecular complexity index is 1790. The van der Waals surface area contributed by atoms with Crippen LogP contribution < -0.4 is 19.6 Å². The second-order valence-electron chi connectivity index (χ2n) is 9.75. The molecule has 2 aliphatic rings. The number of hydrogen-bond acceptors (Lipinski definition) is 11. The van der Waals surface area contributed by atoms with Crippen molar-refractivity contribution in [2.24, 2.45) is 0 Å². The number of aromatic hydroxyl groups is 3. The highest BCUT2D eigenvalue weighted by Crippen LogP contribution is 2.44. The summed E-state index contributed by atoms with van der Waals surface area (Å²) in [4.78, 5) is 30.5. The number of likely N-dealkylation sites (N-methyl/N-ethyl adjacent to an activating group) is 1. The van der Waals surface area contributed by atoms with Crippen LogP contribution >= 0.6 is 0 Å². The SMILES string of the molecule is COc1cc(C2Oc3cc(-c4cc(=O)c5c(O)cc(O)cc5o4)ccc3OC2/C=C2/C(=O)ON(C)C2C)ccc1O. The lowest BCUT2D eigenvalue weighted by Gasteiger charge is -2.33. The van der Waals surface area contributed by atoms with E-state index in [1.807, 2.05) is 6.92 Å². The van der Waals surface area contributed by atoms with Gasteiger partial charge in [0.25, 0.3) is 0 Å². The van der Waals surface area contributed by atoms with Gasteiger partial charge in [-0.3, -0.25) is 4.79 Å². The molecule has 1 saturated heterocycles. The van der Waals surface area contributed by atoms with Crippen LogP contribution in [0.1, 0.15) is 18.6 Å². The molecule has 0 saturated carbocycles. The normalized spacial score (nSPS) is 21.3. The first-order valence-corrected chi connectivity index (χ1v) is 12.6. The molecule has 0 radical (unpaired) electrons. The summed E-state index contributed by atoms with van der Waals surface area (Å²) >= 11 is 0. The molecule has 0 bridgehead atoms. The summed E-state index contributed by atoms with van der Waals surface area (Å²) in [7, 11) is 3.09. The van der Waals surface area contributed by atoms with E-state index >= 15 is 0 Å². The summed E-state index contributed by atoms with van der Waals surface area (Å²) in [6.45, 7) is 1.83. The molecule has 6 rings (SSSR count). The maximum atomic E-state index is 12.8. The molecule has 3 N–H and O–H groups in total. The van der Waals surface area contributed by atoms with Gasteiger partial charge in [0, 0.05) is 36.4 Å². The average molecular weight is 560 g/mol. The third-order valence-corrected chi connectivity index (χ3v) is 7.17. The molecule has 3 unspecified atom stereocenters. The van der Waals surface area contributed by atoms with Crippen LogP contribution in [0.3, 0.4) is 0 Å². The number of fused-ring (bicyclic) bond motifs is 2. The lowest BCUT2D eigenvalue weighted by Crippen LogP contribution is -2.33. The highest BCUT2D eigenvalue weighted by atomic mass is 16.7. The summed E-state index contributed by atoms with van der Waals surface area (Å²) in [5, 5.41) is 31.5. The van der Waals surface area contributed by atoms with E-state index in [0.717, 1.165) is 6.07 Å². The number of carbonyl (C=O) groups excluding carboxylic acids is 1. The zero-order valence-electron chi connectivity index (χ0n) is 22.2. The third kappa shape index (κ3) is 4.55. The number of hydroxylamine groups is 2. The first-order valence-electron chi connectivity index (χ1n) is 12.6. The van der Waals surface area contributed by atoms with Crippen molar-refractivity contribution in [1.29, 1.82) is 0 Å². The van der Waals surface area contributed by atoms with Crippen LogP contribution in [0.5, 0.6) is 34.5 Å². The molecule has 11 nitrogen and oxygen atoms in total. The maximum Gasteiger partial charge on any atom is 0.354 e. The van der Waals surface area contributed by atoms with E-state index in [1.54, 1.807) is 43.5 Å². The topological polar surface area (TPSA) is 148 Å². The van der Waals surface area contributed by atoms with Gasteiger partial charge >= 0.3 is 5.97 Å². The van der Waals surface area contributed by atoms with E-state index < -0.39 is 23.6 Å². The molecule has 3 heterocycles. The van der Waals surface area contributed by atoms with Gasteiger partial charge in [0.1, 0.15) is 28.2 Å². The largest absolute Gasteiger partial charge is 0.508 e. The van der Waals surface area contributed by atoms with Gasteiger partial charge in [-0.1, -0.05) is 6.07 Å². The van der Waals surface area contributed by atoms with Crippen LogP contribution in [-0.2, 0) is 9.63 Å². The Labute approximate surface area is 232 Å². The second kappa shape index (κ2) is 9.79. The highest BCUT2D eigenvalue weighted by Gasteiger charge is 2.38. The number of phenols is 3. The van der Waals surface area contributed by atoms with Crippen molar-refractivity contribution in [3.8, 4) is 45.8 Å². The van der Waals surface area contributed by atoms with Crippen molar-refractivity contribution in [3.63, 3.8) is 0 Å². The fourth-order valence-corrected chi connectivity index (χ4v) is 4.92. The lowest BCUT2D eigenvalue weighted by molar-refractivity contribution is -0.167. The van der Waals surface area contributed by atoms with Gasteiger partial charge in [-0.25, -0.2) is 4.79 Å². The average Bonchev–Trinajstić information content (AvgIpc) is 3.17. The van der Waals surface area contributed by atoms with Gasteiger partial charge in [-0.15, -0.1) is 5.06 Å². The molecule has 0 aliphatic carbocycles. The van der Waals surface area contributed by atoms with E-state index in [4.69, 9.17) is 23.5 Å². The number of carbonyl (C=O) groups is 1. The summed E-state index contributed by atoms with van der Waals surface area (Å²) in [5.74, 6) is -0.0682. The van der Waals surface area contributed by atoms with Crippen LogP contribution in [0, 0.1) is 0 Å². The molecule has 0 spiro atoms. The number of rotatable bonds is 4. The molecule has 4 aromatic rings. The molecule has 210 valence electrons. The molecular formula is C30H25NO10. The van der Waals surface area contributed by atoms with Gasteiger partial charge in [0.05, 0.1) is 18.7 Å². The molecule has 0 amide bonds. The zero-order chi connectivity index (χ0) is 29.0. The minimum absolute atomic E-state index is 0.0168. The van der Waals surface area contributed by atoms with E-state index in [2.05, 4.69) is 0 Å². The summed E-state index contributed by atoms with van der Waals surface area (Å²) in [5.41, 5.74) is 1.01. The van der Waals surface area contributed by atoms with E-state index in [-0.39, 0.29) is 45.8 Å². The van der Waals surface area contributed by atoms with Crippen molar-refractivity contribution in [2.75, 3.05) is 14.2 Å². The number of phenolic OH excluding ortho intramolecular Hbond substituents is 3. The number of hydrogen-bond donors (Lipinski definition) is 3. The van der Waals surface area contributed by atoms with E-state index in [0.29, 0.717) is 28.2 Å². The monoisotopic (exact) mass is 559 g/mol. The Morgan fingerprint density at radius 1 is 0.927 bits per heavy atom. The van der Waals surface area contributed by atoms with E-state index in [1.165, 1.54) is 30.4 Å². The van der Waals surface area contributed by atoms with Crippen LogP contribution in [0.15, 0.2) is 75.5 Å². The van der Waals surface area contributed by atoms with Gasteiger partial charge < -0.3 is 38.8 Å². The number of ether oxygens (including phenoxy) is 3. The summed E-state index contributed by atoms with van der Waals surface area (Å²) < 4.78 is 23.9. The molecule has 11 heteroatoms. The molecule has 2 aliphatic heterocycles. The van der Waals surface area contributed by atoms with Crippen LogP contribution in [0.25, 0.3) is 22.3 Å². The minimum atomic E-state index is -0.775. The van der Waals surface area contributed by atoms with Crippen molar-refractivity contribution in [2.45, 2.75) is 25.2 Å². The van der Waals surface area contributed by atoms with Crippen molar-refractivity contribution in [1.82, 2.24) is 5.06 Å². The van der Waals surface area contributed by atoms with Crippen LogP contribution in [0.2, 0.25) is 0 Å². The van der Waals surface area contributed by atoms with Gasteiger partial charge in [-0.05, 0) is 43.3 Å². The molecule has 41 heavy (non-hydrogen) atoms. The molecular weight excluding hydrogens is 534 g/mol. The number of nitrogens with zero attached hydrogens (tertiary/aromatic N) is 1. The smallest absolute Gasteiger partial charge is 0.354 e. The van der Waals surface area contributed by atoms with Gasteiger partial charge in [0.15, 0.2) is 40.6 Å². The van der Waals surface area contributed by atoms with Gasteiger partial charge in [0.2, 0.25) is 0 Å². The number of methoxy groups -OCH3 is 1. The lowest BCUT2D eigenvalue weighted by atomic mass is 9.98. The Hall–Kier alpha value is -5.16. The zero-order valence-corrected chi connectivity index (χ0v) is 22.2. The Balaban J connectivity index is 1.44. The fraction of sp³-hybridized carbons (Fsp3) is 0.200. The standard InChI is InChI=1S/C30H25NO10/c1-14-18(30(36)41-31(14)2)12-27-29(16-4-6-19(33)24(9-16)37-3)40-25-8-15(5-7-22(25)38-27)23-13-21(35)28-20(34)10-17(32)11-26(28)39-23/h4-14,27,29,32-34H,1-3H3/b18-12+. The minimum Gasteiger partial charge on any atom is -0.508 e. The Morgan fingerprint density at radius 3 is 2.46 bits per heavy atom.